The van der Waals surface area contributed by atoms with Crippen molar-refractivity contribution in [2.45, 2.75) is 32.9 Å². The highest BCUT2D eigenvalue weighted by Crippen LogP contribution is 2.17. The molecule has 3 rings (SSSR count). The molecule has 0 aliphatic carbocycles. The van der Waals surface area contributed by atoms with Crippen LogP contribution in [0.1, 0.15) is 36.7 Å². The number of fused-ring (bicyclic) bond motifs is 1. The molecule has 2 aromatic heterocycles. The molecule has 3 aromatic rings. The molecule has 1 aromatic carbocycles. The van der Waals surface area contributed by atoms with Gasteiger partial charge in [-0.2, -0.15) is 4.52 Å². The number of ether oxygens (including phenoxy) is 1. The van der Waals surface area contributed by atoms with Crippen LogP contribution in [0.4, 0.5) is 5.13 Å². The molecule has 1 N–H and O–H groups in total. The fraction of sp³-hybridized carbons (Fsp3) is 0.294. The van der Waals surface area contributed by atoms with Gasteiger partial charge in [0.15, 0.2) is 0 Å². The van der Waals surface area contributed by atoms with Crippen LogP contribution in [-0.4, -0.2) is 26.2 Å². The van der Waals surface area contributed by atoms with Gasteiger partial charge in [0.25, 0.3) is 5.56 Å². The maximum atomic E-state index is 12.0. The van der Waals surface area contributed by atoms with Crippen LogP contribution in [0, 0.1) is 0 Å². The van der Waals surface area contributed by atoms with Gasteiger partial charge in [-0.3, -0.25) is 4.79 Å². The summed E-state index contributed by atoms with van der Waals surface area (Å²) in [5.41, 5.74) is 0.758. The summed E-state index contributed by atoms with van der Waals surface area (Å²) in [5.74, 6) is -0.344. The highest BCUT2D eigenvalue weighted by atomic mass is 32.1. The Morgan fingerprint density at radius 2 is 1.96 bits per heavy atom. The van der Waals surface area contributed by atoms with Crippen molar-refractivity contribution in [3.8, 4) is 0 Å². The Hall–Kier alpha value is -2.74. The number of carbonyl (C=O) groups is 1. The molecule has 0 radical (unpaired) electrons. The zero-order valence-electron chi connectivity index (χ0n) is 14.1. The second-order valence-electron chi connectivity index (χ2n) is 6.44. The normalized spacial score (nSPS) is 11.5. The summed E-state index contributed by atoms with van der Waals surface area (Å²) in [6.45, 7) is 6.02. The molecule has 0 aliphatic rings. The number of anilines is 1. The molecule has 0 fully saturated rings. The van der Waals surface area contributed by atoms with Gasteiger partial charge in [0.1, 0.15) is 5.60 Å². The molecule has 0 atom stereocenters. The van der Waals surface area contributed by atoms with E-state index in [1.807, 2.05) is 32.9 Å². The first kappa shape index (κ1) is 17.1. The van der Waals surface area contributed by atoms with Crippen LogP contribution in [-0.2, 0) is 11.3 Å². The van der Waals surface area contributed by atoms with Gasteiger partial charge in [0.2, 0.25) is 10.1 Å². The van der Waals surface area contributed by atoms with Gasteiger partial charge in [-0.05, 0) is 38.5 Å². The van der Waals surface area contributed by atoms with Crippen molar-refractivity contribution >= 4 is 27.4 Å². The molecule has 8 heteroatoms. The van der Waals surface area contributed by atoms with Crippen molar-refractivity contribution in [3.05, 3.63) is 58.0 Å². The van der Waals surface area contributed by atoms with Gasteiger partial charge in [-0.1, -0.05) is 23.5 Å². The molecule has 0 spiro atoms. The Bertz CT molecular complexity index is 954. The third-order valence-corrected chi connectivity index (χ3v) is 4.08. The zero-order valence-corrected chi connectivity index (χ0v) is 15.0. The Labute approximate surface area is 148 Å². The van der Waals surface area contributed by atoms with Crippen molar-refractivity contribution in [1.29, 1.82) is 0 Å². The first-order valence-electron chi connectivity index (χ1n) is 7.73. The van der Waals surface area contributed by atoms with Crippen molar-refractivity contribution < 1.29 is 9.53 Å². The molecule has 0 unspecified atom stereocenters. The van der Waals surface area contributed by atoms with E-state index < -0.39 is 5.60 Å². The van der Waals surface area contributed by atoms with Gasteiger partial charge in [-0.25, -0.2) is 9.78 Å². The fourth-order valence-corrected chi connectivity index (χ4v) is 2.86. The molecule has 130 valence electrons. The minimum atomic E-state index is -0.518. The highest BCUT2D eigenvalue weighted by Gasteiger charge is 2.17. The molecule has 0 amide bonds. The average molecular weight is 358 g/mol. The summed E-state index contributed by atoms with van der Waals surface area (Å²) < 4.78 is 6.60. The van der Waals surface area contributed by atoms with E-state index in [9.17, 15) is 9.59 Å². The Balaban J connectivity index is 1.66. The van der Waals surface area contributed by atoms with Crippen molar-refractivity contribution in [2.24, 2.45) is 0 Å². The van der Waals surface area contributed by atoms with Crippen LogP contribution in [0.2, 0.25) is 0 Å². The topological polar surface area (TPSA) is 85.6 Å². The van der Waals surface area contributed by atoms with E-state index in [0.29, 0.717) is 22.2 Å². The summed E-state index contributed by atoms with van der Waals surface area (Å²) in [6.07, 6.45) is 1.47. The lowest BCUT2D eigenvalue weighted by atomic mass is 10.1. The van der Waals surface area contributed by atoms with Crippen LogP contribution in [0.15, 0.2) is 41.3 Å². The number of carbonyl (C=O) groups excluding carboxylic acids is 1. The molecule has 0 bridgehead atoms. The average Bonchev–Trinajstić information content (AvgIpc) is 2.96. The first-order valence-corrected chi connectivity index (χ1v) is 8.54. The second kappa shape index (κ2) is 6.64. The summed E-state index contributed by atoms with van der Waals surface area (Å²) >= 11 is 1.30. The largest absolute Gasteiger partial charge is 0.456 e. The number of esters is 1. The Morgan fingerprint density at radius 3 is 2.60 bits per heavy atom. The van der Waals surface area contributed by atoms with Gasteiger partial charge in [-0.15, -0.1) is 5.10 Å². The number of rotatable bonds is 4. The monoisotopic (exact) mass is 358 g/mol. The maximum absolute atomic E-state index is 12.0. The fourth-order valence-electron chi connectivity index (χ4n) is 2.09. The highest BCUT2D eigenvalue weighted by molar-refractivity contribution is 7.20. The number of nitrogens with one attached hydrogen (secondary N) is 1. The minimum absolute atomic E-state index is 0.212. The second-order valence-corrected chi connectivity index (χ2v) is 7.39. The van der Waals surface area contributed by atoms with Gasteiger partial charge < -0.3 is 10.1 Å². The smallest absolute Gasteiger partial charge is 0.338 e. The van der Waals surface area contributed by atoms with Crippen LogP contribution in [0.5, 0.6) is 0 Å². The number of aromatic nitrogens is 3. The van der Waals surface area contributed by atoms with E-state index in [4.69, 9.17) is 4.74 Å². The molecular formula is C17H18N4O3S. The molecule has 0 saturated carbocycles. The molecule has 7 nitrogen and oxygen atoms in total. The van der Waals surface area contributed by atoms with E-state index in [2.05, 4.69) is 15.4 Å². The van der Waals surface area contributed by atoms with Crippen LogP contribution in [0.25, 0.3) is 4.96 Å². The van der Waals surface area contributed by atoms with Gasteiger partial charge >= 0.3 is 5.97 Å². The standard InChI is InChI=1S/C17H18N4O3S/c1-17(2,3)24-14(23)12-6-4-11(5-7-12)10-19-15-20-21-13(22)8-9-18-16(21)25-15/h4-9H,10H2,1-3H3,(H,19,20). The number of nitrogens with zero attached hydrogens (tertiary/aromatic N) is 3. The predicted molar refractivity (Wildman–Crippen MR) is 96.1 cm³/mol. The van der Waals surface area contributed by atoms with Gasteiger partial charge in [0.05, 0.1) is 5.56 Å². The van der Waals surface area contributed by atoms with Crippen molar-refractivity contribution in [2.75, 3.05) is 5.32 Å². The summed E-state index contributed by atoms with van der Waals surface area (Å²) in [4.78, 5) is 28.3. The lowest BCUT2D eigenvalue weighted by Gasteiger charge is -2.19. The third kappa shape index (κ3) is 4.21. The first-order chi connectivity index (χ1) is 11.8. The van der Waals surface area contributed by atoms with E-state index in [1.54, 1.807) is 12.1 Å². The van der Waals surface area contributed by atoms with Crippen molar-refractivity contribution in [3.63, 3.8) is 0 Å². The maximum Gasteiger partial charge on any atom is 0.338 e. The lowest BCUT2D eigenvalue weighted by Crippen LogP contribution is -2.23. The van der Waals surface area contributed by atoms with E-state index in [-0.39, 0.29) is 11.5 Å². The lowest BCUT2D eigenvalue weighted by molar-refractivity contribution is 0.00695. The summed E-state index contributed by atoms with van der Waals surface area (Å²) in [5, 5.41) is 7.95. The molecule has 0 saturated heterocycles. The molecular weight excluding hydrogens is 340 g/mol. The third-order valence-electron chi connectivity index (χ3n) is 3.20. The Kier molecular flexibility index (Phi) is 4.54. The Morgan fingerprint density at radius 1 is 1.24 bits per heavy atom. The quantitative estimate of drug-likeness (QED) is 0.722. The van der Waals surface area contributed by atoms with E-state index in [1.165, 1.54) is 28.1 Å². The van der Waals surface area contributed by atoms with Crippen LogP contribution in [0.3, 0.4) is 0 Å². The summed E-state index contributed by atoms with van der Waals surface area (Å²) in [6, 6.07) is 8.53. The minimum Gasteiger partial charge on any atom is -0.456 e. The van der Waals surface area contributed by atoms with Crippen LogP contribution >= 0.6 is 11.3 Å². The van der Waals surface area contributed by atoms with Gasteiger partial charge in [0, 0.05) is 18.8 Å². The predicted octanol–water partition coefficient (Wildman–Crippen LogP) is 2.72. The van der Waals surface area contributed by atoms with E-state index in [0.717, 1.165) is 5.56 Å². The van der Waals surface area contributed by atoms with E-state index >= 15 is 0 Å². The molecule has 0 aliphatic heterocycles. The molecule has 2 heterocycles. The number of hydrogen-bond donors (Lipinski definition) is 1. The van der Waals surface area contributed by atoms with Crippen LogP contribution < -0.4 is 10.9 Å². The number of hydrogen-bond acceptors (Lipinski definition) is 7. The number of benzene rings is 1. The SMILES string of the molecule is CC(C)(C)OC(=O)c1ccc(CNc2nn3c(=O)ccnc3s2)cc1. The zero-order chi connectivity index (χ0) is 18.0. The molecule has 25 heavy (non-hydrogen) atoms. The summed E-state index contributed by atoms with van der Waals surface area (Å²) in [7, 11) is 0. The van der Waals surface area contributed by atoms with Crippen molar-refractivity contribution in [1.82, 2.24) is 14.6 Å².